The number of ether oxygens (including phenoxy) is 1. The smallest absolute Gasteiger partial charge is 0.0681 e. The minimum Gasteiger partial charge on any atom is -0.369 e. The molecule has 0 spiro atoms. The van der Waals surface area contributed by atoms with Gasteiger partial charge in [0.1, 0.15) is 0 Å². The molecular formula is C15H22BrClN2O. The van der Waals surface area contributed by atoms with Crippen LogP contribution < -0.4 is 11.3 Å². The number of hydrogen-bond acceptors (Lipinski definition) is 3. The first-order valence-electron chi connectivity index (χ1n) is 6.78. The molecule has 0 amide bonds. The molecule has 112 valence electrons. The normalized spacial score (nSPS) is 25.6. The van der Waals surface area contributed by atoms with E-state index in [1.54, 1.807) is 0 Å². The van der Waals surface area contributed by atoms with Crippen LogP contribution in [0.3, 0.4) is 0 Å². The van der Waals surface area contributed by atoms with E-state index in [9.17, 15) is 0 Å². The summed E-state index contributed by atoms with van der Waals surface area (Å²) in [6.45, 7) is 8.46. The summed E-state index contributed by atoms with van der Waals surface area (Å²) < 4.78 is 7.06. The summed E-state index contributed by atoms with van der Waals surface area (Å²) in [6, 6.07) is 5.87. The molecule has 0 radical (unpaired) electrons. The van der Waals surface area contributed by atoms with E-state index >= 15 is 0 Å². The van der Waals surface area contributed by atoms with Gasteiger partial charge in [0.05, 0.1) is 22.3 Å². The third-order valence-electron chi connectivity index (χ3n) is 4.04. The lowest BCUT2D eigenvalue weighted by molar-refractivity contribution is -0.0779. The van der Waals surface area contributed by atoms with Crippen molar-refractivity contribution < 1.29 is 4.74 Å². The van der Waals surface area contributed by atoms with Gasteiger partial charge in [-0.15, -0.1) is 0 Å². The fraction of sp³-hybridized carbons (Fsp3) is 0.600. The Balaban J connectivity index is 2.40. The molecular weight excluding hydrogens is 340 g/mol. The molecule has 0 aromatic heterocycles. The maximum Gasteiger partial charge on any atom is 0.0681 e. The molecule has 2 unspecified atom stereocenters. The van der Waals surface area contributed by atoms with Crippen LogP contribution >= 0.6 is 27.5 Å². The van der Waals surface area contributed by atoms with Crippen LogP contribution in [0.25, 0.3) is 0 Å². The lowest BCUT2D eigenvalue weighted by Gasteiger charge is -2.33. The van der Waals surface area contributed by atoms with Crippen molar-refractivity contribution in [2.45, 2.75) is 51.4 Å². The van der Waals surface area contributed by atoms with Gasteiger partial charge in [-0.1, -0.05) is 23.7 Å². The predicted octanol–water partition coefficient (Wildman–Crippen LogP) is 4.20. The summed E-state index contributed by atoms with van der Waals surface area (Å²) in [6.07, 6.45) is 0.928. The highest BCUT2D eigenvalue weighted by molar-refractivity contribution is 9.10. The quantitative estimate of drug-likeness (QED) is 0.626. The van der Waals surface area contributed by atoms with Gasteiger partial charge in [0.25, 0.3) is 0 Å². The molecule has 3 nitrogen and oxygen atoms in total. The largest absolute Gasteiger partial charge is 0.369 e. The zero-order valence-electron chi connectivity index (χ0n) is 12.3. The fourth-order valence-electron chi connectivity index (χ4n) is 3.31. The average molecular weight is 362 g/mol. The van der Waals surface area contributed by atoms with Crippen molar-refractivity contribution in [3.8, 4) is 0 Å². The molecule has 1 aromatic carbocycles. The third-order valence-corrected chi connectivity index (χ3v) is 5.35. The van der Waals surface area contributed by atoms with Crippen LogP contribution in [0.15, 0.2) is 22.7 Å². The maximum absolute atomic E-state index is 6.43. The highest BCUT2D eigenvalue weighted by Gasteiger charge is 2.49. The summed E-state index contributed by atoms with van der Waals surface area (Å²) in [5, 5.41) is 0.705. The van der Waals surface area contributed by atoms with E-state index in [0.717, 1.165) is 16.5 Å². The molecule has 1 saturated heterocycles. The summed E-state index contributed by atoms with van der Waals surface area (Å²) in [7, 11) is 0. The standard InChI is InChI=1S/C15H22BrClN2O/c1-14(2)8-10(15(3,4)20-14)13(19-18)9-6-5-7-11(16)12(9)17/h5-7,10,13,19H,8,18H2,1-4H3. The Labute approximate surface area is 134 Å². The van der Waals surface area contributed by atoms with Crippen LogP contribution in [0.5, 0.6) is 0 Å². The van der Waals surface area contributed by atoms with Crippen molar-refractivity contribution in [2.24, 2.45) is 11.8 Å². The lowest BCUT2D eigenvalue weighted by Crippen LogP contribution is -2.41. The van der Waals surface area contributed by atoms with Crippen molar-refractivity contribution in [3.05, 3.63) is 33.3 Å². The van der Waals surface area contributed by atoms with E-state index in [1.165, 1.54) is 0 Å². The second-order valence-electron chi connectivity index (χ2n) is 6.56. The van der Waals surface area contributed by atoms with Gasteiger partial charge in [0, 0.05) is 10.4 Å². The second-order valence-corrected chi connectivity index (χ2v) is 7.80. The van der Waals surface area contributed by atoms with E-state index in [-0.39, 0.29) is 23.2 Å². The van der Waals surface area contributed by atoms with Crippen molar-refractivity contribution in [1.82, 2.24) is 5.43 Å². The number of rotatable bonds is 3. The van der Waals surface area contributed by atoms with E-state index in [1.807, 2.05) is 18.2 Å². The third kappa shape index (κ3) is 3.04. The molecule has 3 N–H and O–H groups in total. The van der Waals surface area contributed by atoms with Crippen molar-refractivity contribution in [1.29, 1.82) is 0 Å². The lowest BCUT2D eigenvalue weighted by atomic mass is 9.79. The first-order chi connectivity index (χ1) is 9.18. The molecule has 2 rings (SSSR count). The summed E-state index contributed by atoms with van der Waals surface area (Å²) in [4.78, 5) is 0. The highest BCUT2D eigenvalue weighted by atomic mass is 79.9. The molecule has 1 fully saturated rings. The van der Waals surface area contributed by atoms with Crippen LogP contribution in [-0.4, -0.2) is 11.2 Å². The van der Waals surface area contributed by atoms with E-state index in [2.05, 4.69) is 49.1 Å². The van der Waals surface area contributed by atoms with Crippen molar-refractivity contribution in [3.63, 3.8) is 0 Å². The molecule has 0 saturated carbocycles. The van der Waals surface area contributed by atoms with Gasteiger partial charge in [-0.25, -0.2) is 0 Å². The minimum atomic E-state index is -0.258. The maximum atomic E-state index is 6.43. The van der Waals surface area contributed by atoms with Crippen molar-refractivity contribution in [2.75, 3.05) is 0 Å². The predicted molar refractivity (Wildman–Crippen MR) is 86.6 cm³/mol. The first-order valence-corrected chi connectivity index (χ1v) is 7.95. The number of nitrogens with two attached hydrogens (primary N) is 1. The van der Waals surface area contributed by atoms with Gasteiger partial charge in [-0.3, -0.25) is 11.3 Å². The van der Waals surface area contributed by atoms with E-state index in [0.29, 0.717) is 5.02 Å². The second kappa shape index (κ2) is 5.58. The molecule has 20 heavy (non-hydrogen) atoms. The molecule has 0 bridgehead atoms. The fourth-order valence-corrected chi connectivity index (χ4v) is 3.93. The van der Waals surface area contributed by atoms with Gasteiger partial charge in [-0.2, -0.15) is 0 Å². The molecule has 1 aliphatic rings. The van der Waals surface area contributed by atoms with Crippen molar-refractivity contribution >= 4 is 27.5 Å². The zero-order chi connectivity index (χ0) is 15.1. The molecule has 1 aliphatic heterocycles. The Bertz CT molecular complexity index is 505. The molecule has 1 heterocycles. The number of benzene rings is 1. The van der Waals surface area contributed by atoms with E-state index < -0.39 is 0 Å². The number of nitrogens with one attached hydrogen (secondary N) is 1. The number of hydrogen-bond donors (Lipinski definition) is 2. The van der Waals surface area contributed by atoms with Gasteiger partial charge >= 0.3 is 0 Å². The number of halogens is 2. The summed E-state index contributed by atoms with van der Waals surface area (Å²) >= 11 is 9.90. The summed E-state index contributed by atoms with van der Waals surface area (Å²) in [5.74, 6) is 6.08. The molecule has 0 aliphatic carbocycles. The highest BCUT2D eigenvalue weighted by Crippen LogP contribution is 2.48. The van der Waals surface area contributed by atoms with Crippen LogP contribution in [0.4, 0.5) is 0 Å². The monoisotopic (exact) mass is 360 g/mol. The first kappa shape index (κ1) is 16.2. The Kier molecular flexibility index (Phi) is 4.53. The minimum absolute atomic E-state index is 0.0447. The Hall–Kier alpha value is -0.130. The number of hydrazine groups is 1. The van der Waals surface area contributed by atoms with E-state index in [4.69, 9.17) is 22.2 Å². The zero-order valence-corrected chi connectivity index (χ0v) is 14.7. The van der Waals surface area contributed by atoms with Crippen LogP contribution in [0.2, 0.25) is 5.02 Å². The average Bonchev–Trinajstić information content (AvgIpc) is 2.54. The van der Waals surface area contributed by atoms with Gasteiger partial charge < -0.3 is 4.74 Å². The molecule has 1 aromatic rings. The molecule has 2 atom stereocenters. The SMILES string of the molecule is CC1(C)CC(C(NN)c2cccc(Br)c2Cl)C(C)(C)O1. The van der Waals surface area contributed by atoms with Gasteiger partial charge in [0.2, 0.25) is 0 Å². The Morgan fingerprint density at radius 1 is 1.40 bits per heavy atom. The Morgan fingerprint density at radius 3 is 2.55 bits per heavy atom. The topological polar surface area (TPSA) is 47.3 Å². The van der Waals surface area contributed by atoms with Crippen LogP contribution in [0.1, 0.15) is 45.7 Å². The Morgan fingerprint density at radius 2 is 2.05 bits per heavy atom. The van der Waals surface area contributed by atoms with Gasteiger partial charge in [-0.05, 0) is 61.7 Å². The summed E-state index contributed by atoms with van der Waals surface area (Å²) in [5.41, 5.74) is 3.53. The van der Waals surface area contributed by atoms with Gasteiger partial charge in [0.15, 0.2) is 0 Å². The van der Waals surface area contributed by atoms with Crippen LogP contribution in [-0.2, 0) is 4.74 Å². The van der Waals surface area contributed by atoms with Crippen LogP contribution in [0, 0.1) is 5.92 Å². The molecule has 5 heteroatoms.